The second kappa shape index (κ2) is 6.69. The summed E-state index contributed by atoms with van der Waals surface area (Å²) in [6.45, 7) is 3.88. The van der Waals surface area contributed by atoms with Gasteiger partial charge in [-0.15, -0.1) is 0 Å². The zero-order valence-corrected chi connectivity index (χ0v) is 14.9. The molecule has 3 nitrogen and oxygen atoms in total. The fourth-order valence-electron chi connectivity index (χ4n) is 2.78. The number of nitrogens with one attached hydrogen (secondary N) is 1. The molecule has 0 radical (unpaired) electrons. The van der Waals surface area contributed by atoms with Crippen molar-refractivity contribution in [3.63, 3.8) is 0 Å². The molecule has 122 valence electrons. The van der Waals surface area contributed by atoms with Crippen molar-refractivity contribution in [3.05, 3.63) is 69.6 Å². The number of carbonyl (C=O) groups is 1. The number of aromatic nitrogens is 1. The minimum absolute atomic E-state index is 0.158. The normalized spacial score (nSPS) is 10.8. The number of pyridine rings is 1. The Balaban J connectivity index is 1.88. The topological polar surface area (TPSA) is 42.0 Å². The van der Waals surface area contributed by atoms with Crippen LogP contribution in [0.4, 0.5) is 10.1 Å². The van der Waals surface area contributed by atoms with E-state index in [-0.39, 0.29) is 18.0 Å². The van der Waals surface area contributed by atoms with E-state index in [0.29, 0.717) is 4.47 Å². The Labute approximate surface area is 148 Å². The van der Waals surface area contributed by atoms with E-state index < -0.39 is 5.82 Å². The SMILES string of the molecule is Cc1nc2ccccc2c(C)c1CC(=O)Nc1ccc(Br)cc1F. The highest BCUT2D eigenvalue weighted by Gasteiger charge is 2.14. The van der Waals surface area contributed by atoms with Crippen molar-refractivity contribution in [2.24, 2.45) is 0 Å². The highest BCUT2D eigenvalue weighted by Crippen LogP contribution is 2.24. The Bertz CT molecular complexity index is 940. The van der Waals surface area contributed by atoms with Gasteiger partial charge in [0, 0.05) is 15.6 Å². The van der Waals surface area contributed by atoms with E-state index >= 15 is 0 Å². The van der Waals surface area contributed by atoms with Crippen LogP contribution in [-0.4, -0.2) is 10.9 Å². The number of nitrogens with zero attached hydrogens (tertiary/aromatic N) is 1. The first-order chi connectivity index (χ1) is 11.5. The van der Waals surface area contributed by atoms with E-state index in [9.17, 15) is 9.18 Å². The zero-order valence-electron chi connectivity index (χ0n) is 13.4. The largest absolute Gasteiger partial charge is 0.323 e. The zero-order chi connectivity index (χ0) is 17.3. The first-order valence-electron chi connectivity index (χ1n) is 7.55. The van der Waals surface area contributed by atoms with Gasteiger partial charge >= 0.3 is 0 Å². The third-order valence-electron chi connectivity index (χ3n) is 4.03. The van der Waals surface area contributed by atoms with Gasteiger partial charge in [-0.1, -0.05) is 34.1 Å². The van der Waals surface area contributed by atoms with Crippen molar-refractivity contribution in [3.8, 4) is 0 Å². The van der Waals surface area contributed by atoms with Crippen molar-refractivity contribution in [1.82, 2.24) is 4.98 Å². The Hall–Kier alpha value is -2.27. The van der Waals surface area contributed by atoms with Gasteiger partial charge in [-0.05, 0) is 49.2 Å². The maximum absolute atomic E-state index is 13.9. The van der Waals surface area contributed by atoms with Crippen LogP contribution in [0.1, 0.15) is 16.8 Å². The van der Waals surface area contributed by atoms with Crippen LogP contribution in [0, 0.1) is 19.7 Å². The summed E-state index contributed by atoms with van der Waals surface area (Å²) in [7, 11) is 0. The number of aryl methyl sites for hydroxylation is 2. The molecule has 0 fully saturated rings. The third-order valence-corrected chi connectivity index (χ3v) is 4.52. The summed E-state index contributed by atoms with van der Waals surface area (Å²) in [5.41, 5.74) is 3.81. The number of carbonyl (C=O) groups excluding carboxylic acids is 1. The molecule has 0 saturated heterocycles. The van der Waals surface area contributed by atoms with Crippen LogP contribution >= 0.6 is 15.9 Å². The smallest absolute Gasteiger partial charge is 0.228 e. The predicted octanol–water partition coefficient (Wildman–Crippen LogP) is 4.93. The number of rotatable bonds is 3. The molecule has 0 atom stereocenters. The van der Waals surface area contributed by atoms with Crippen molar-refractivity contribution < 1.29 is 9.18 Å². The fourth-order valence-corrected chi connectivity index (χ4v) is 3.11. The van der Waals surface area contributed by atoms with Crippen LogP contribution in [-0.2, 0) is 11.2 Å². The molecule has 2 aromatic carbocycles. The average Bonchev–Trinajstić information content (AvgIpc) is 2.54. The van der Waals surface area contributed by atoms with Crippen molar-refractivity contribution in [2.75, 3.05) is 5.32 Å². The second-order valence-electron chi connectivity index (χ2n) is 5.67. The monoisotopic (exact) mass is 386 g/mol. The maximum Gasteiger partial charge on any atom is 0.228 e. The Morgan fingerprint density at radius 1 is 1.21 bits per heavy atom. The molecule has 24 heavy (non-hydrogen) atoms. The lowest BCUT2D eigenvalue weighted by atomic mass is 9.99. The second-order valence-corrected chi connectivity index (χ2v) is 6.58. The van der Waals surface area contributed by atoms with Gasteiger partial charge in [-0.3, -0.25) is 9.78 Å². The molecule has 3 rings (SSSR count). The lowest BCUT2D eigenvalue weighted by Crippen LogP contribution is -2.17. The Morgan fingerprint density at radius 2 is 1.96 bits per heavy atom. The van der Waals surface area contributed by atoms with Gasteiger partial charge in [-0.25, -0.2) is 4.39 Å². The van der Waals surface area contributed by atoms with Crippen molar-refractivity contribution in [1.29, 1.82) is 0 Å². The number of amides is 1. The van der Waals surface area contributed by atoms with Crippen LogP contribution < -0.4 is 5.32 Å². The van der Waals surface area contributed by atoms with Gasteiger partial charge in [0.1, 0.15) is 5.82 Å². The fraction of sp³-hybridized carbons (Fsp3) is 0.158. The number of fused-ring (bicyclic) bond motifs is 1. The number of halogens is 2. The van der Waals surface area contributed by atoms with Crippen LogP contribution in [0.2, 0.25) is 0 Å². The number of hydrogen-bond donors (Lipinski definition) is 1. The van der Waals surface area contributed by atoms with E-state index in [0.717, 1.165) is 27.7 Å². The standard InChI is InChI=1S/C19H16BrFN2O/c1-11-14-5-3-4-6-17(14)22-12(2)15(11)10-19(24)23-18-8-7-13(20)9-16(18)21/h3-9H,10H2,1-2H3,(H,23,24). The minimum atomic E-state index is -0.470. The molecule has 1 heterocycles. The summed E-state index contributed by atoms with van der Waals surface area (Å²) in [6, 6.07) is 12.4. The van der Waals surface area contributed by atoms with Gasteiger partial charge in [0.2, 0.25) is 5.91 Å². The number of para-hydroxylation sites is 1. The Kier molecular flexibility index (Phi) is 4.62. The van der Waals surface area contributed by atoms with Gasteiger partial charge < -0.3 is 5.32 Å². The lowest BCUT2D eigenvalue weighted by Gasteiger charge is -2.13. The lowest BCUT2D eigenvalue weighted by molar-refractivity contribution is -0.115. The maximum atomic E-state index is 13.9. The molecule has 0 saturated carbocycles. The predicted molar refractivity (Wildman–Crippen MR) is 97.7 cm³/mol. The third kappa shape index (κ3) is 3.31. The first kappa shape index (κ1) is 16.6. The highest BCUT2D eigenvalue weighted by atomic mass is 79.9. The molecule has 1 amide bonds. The van der Waals surface area contributed by atoms with E-state index in [1.807, 2.05) is 38.1 Å². The molecule has 1 N–H and O–H groups in total. The number of hydrogen-bond acceptors (Lipinski definition) is 2. The highest BCUT2D eigenvalue weighted by molar-refractivity contribution is 9.10. The first-order valence-corrected chi connectivity index (χ1v) is 8.34. The van der Waals surface area contributed by atoms with E-state index in [4.69, 9.17) is 0 Å². The molecule has 1 aromatic heterocycles. The summed E-state index contributed by atoms with van der Waals surface area (Å²) in [4.78, 5) is 16.9. The van der Waals surface area contributed by atoms with Crippen LogP contribution in [0.3, 0.4) is 0 Å². The molecule has 0 spiro atoms. The Morgan fingerprint density at radius 3 is 2.71 bits per heavy atom. The quantitative estimate of drug-likeness (QED) is 0.692. The molecular formula is C19H16BrFN2O. The summed E-state index contributed by atoms with van der Waals surface area (Å²) in [5, 5.41) is 3.65. The van der Waals surface area contributed by atoms with Crippen LogP contribution in [0.25, 0.3) is 10.9 Å². The summed E-state index contributed by atoms with van der Waals surface area (Å²) < 4.78 is 14.5. The summed E-state index contributed by atoms with van der Waals surface area (Å²) in [6.07, 6.45) is 0.158. The molecule has 0 aliphatic carbocycles. The van der Waals surface area contributed by atoms with Gasteiger partial charge in [-0.2, -0.15) is 0 Å². The molecule has 0 unspecified atom stereocenters. The molecule has 5 heteroatoms. The van der Waals surface area contributed by atoms with Gasteiger partial charge in [0.15, 0.2) is 0 Å². The minimum Gasteiger partial charge on any atom is -0.323 e. The average molecular weight is 387 g/mol. The van der Waals surface area contributed by atoms with E-state index in [1.54, 1.807) is 6.07 Å². The summed E-state index contributed by atoms with van der Waals surface area (Å²) >= 11 is 3.20. The van der Waals surface area contributed by atoms with E-state index in [1.165, 1.54) is 12.1 Å². The van der Waals surface area contributed by atoms with Crippen molar-refractivity contribution >= 4 is 38.4 Å². The number of benzene rings is 2. The molecule has 0 bridgehead atoms. The van der Waals surface area contributed by atoms with Gasteiger partial charge in [0.25, 0.3) is 0 Å². The molecule has 0 aliphatic rings. The van der Waals surface area contributed by atoms with Crippen molar-refractivity contribution in [2.45, 2.75) is 20.3 Å². The van der Waals surface area contributed by atoms with Gasteiger partial charge in [0.05, 0.1) is 17.6 Å². The molecule has 3 aromatic rings. The van der Waals surface area contributed by atoms with E-state index in [2.05, 4.69) is 26.2 Å². The molecule has 0 aliphatic heterocycles. The summed E-state index contributed by atoms with van der Waals surface area (Å²) in [5.74, 6) is -0.734. The number of anilines is 1. The van der Waals surface area contributed by atoms with Crippen LogP contribution in [0.5, 0.6) is 0 Å². The van der Waals surface area contributed by atoms with Crippen LogP contribution in [0.15, 0.2) is 46.9 Å². The molecular weight excluding hydrogens is 371 g/mol.